The minimum atomic E-state index is -2.34. The van der Waals surface area contributed by atoms with Gasteiger partial charge in [0.2, 0.25) is 5.92 Å². The van der Waals surface area contributed by atoms with E-state index in [1.165, 1.54) is 12.8 Å². The molecule has 0 unspecified atom stereocenters. The molecule has 0 aromatic rings. The third-order valence-corrected chi connectivity index (χ3v) is 2.45. The van der Waals surface area contributed by atoms with E-state index in [0.717, 1.165) is 6.54 Å². The van der Waals surface area contributed by atoms with E-state index in [0.29, 0.717) is 6.04 Å². The Balaban J connectivity index is 1.59. The molecule has 0 spiro atoms. The van der Waals surface area contributed by atoms with E-state index in [2.05, 4.69) is 5.32 Å². The maximum absolute atomic E-state index is 12.3. The number of alkyl halides is 2. The van der Waals surface area contributed by atoms with Crippen LogP contribution in [0.3, 0.4) is 0 Å². The third-order valence-electron chi connectivity index (χ3n) is 2.45. The molecule has 0 bridgehead atoms. The van der Waals surface area contributed by atoms with Gasteiger partial charge < -0.3 is 5.32 Å². The van der Waals surface area contributed by atoms with Crippen LogP contribution in [0.15, 0.2) is 0 Å². The summed E-state index contributed by atoms with van der Waals surface area (Å²) in [6.45, 7) is 0.806. The van der Waals surface area contributed by atoms with E-state index in [1.807, 2.05) is 0 Å². The second-order valence-electron chi connectivity index (χ2n) is 3.81. The summed E-state index contributed by atoms with van der Waals surface area (Å²) in [6.07, 6.45) is 2.69. The second kappa shape index (κ2) is 2.41. The molecule has 0 radical (unpaired) electrons. The first-order chi connectivity index (χ1) is 5.16. The number of halogens is 2. The predicted molar refractivity (Wildman–Crippen MR) is 38.7 cm³/mol. The van der Waals surface area contributed by atoms with E-state index in [9.17, 15) is 8.78 Å². The van der Waals surface area contributed by atoms with E-state index < -0.39 is 5.92 Å². The largest absolute Gasteiger partial charge is 0.314 e. The van der Waals surface area contributed by atoms with Gasteiger partial charge in [0.05, 0.1) is 0 Å². The predicted octanol–water partition coefficient (Wildman–Crippen LogP) is 1.78. The molecule has 0 heterocycles. The Labute approximate surface area is 65.2 Å². The summed E-state index contributed by atoms with van der Waals surface area (Å²) in [5.74, 6) is -2.10. The van der Waals surface area contributed by atoms with Gasteiger partial charge in [0.1, 0.15) is 0 Å². The average molecular weight is 161 g/mol. The van der Waals surface area contributed by atoms with Gasteiger partial charge in [0.25, 0.3) is 0 Å². The zero-order valence-electron chi connectivity index (χ0n) is 6.45. The maximum atomic E-state index is 12.3. The quantitative estimate of drug-likeness (QED) is 0.665. The van der Waals surface area contributed by atoms with Crippen molar-refractivity contribution in [2.75, 3.05) is 6.54 Å². The molecule has 0 atom stereocenters. The zero-order valence-corrected chi connectivity index (χ0v) is 6.45. The molecule has 0 aromatic carbocycles. The number of rotatable bonds is 3. The Morgan fingerprint density at radius 2 is 1.91 bits per heavy atom. The number of hydrogen-bond donors (Lipinski definition) is 1. The van der Waals surface area contributed by atoms with Gasteiger partial charge in [0.15, 0.2) is 0 Å². The molecule has 2 aliphatic carbocycles. The lowest BCUT2D eigenvalue weighted by molar-refractivity contribution is -0.109. The molecule has 0 amide bonds. The van der Waals surface area contributed by atoms with Gasteiger partial charge in [-0.15, -0.1) is 0 Å². The van der Waals surface area contributed by atoms with E-state index in [-0.39, 0.29) is 18.8 Å². The summed E-state index contributed by atoms with van der Waals surface area (Å²) in [5.41, 5.74) is 0. The van der Waals surface area contributed by atoms with Crippen LogP contribution in [0, 0.1) is 5.92 Å². The lowest BCUT2D eigenvalue weighted by Gasteiger charge is -2.35. The molecular weight excluding hydrogens is 148 g/mol. The topological polar surface area (TPSA) is 12.0 Å². The summed E-state index contributed by atoms with van der Waals surface area (Å²) in [6, 6.07) is 0.657. The molecule has 1 N–H and O–H groups in total. The van der Waals surface area contributed by atoms with Crippen molar-refractivity contribution in [1.29, 1.82) is 0 Å². The molecule has 1 nitrogen and oxygen atoms in total. The Kier molecular flexibility index (Phi) is 1.63. The third kappa shape index (κ3) is 1.89. The van der Waals surface area contributed by atoms with Crippen molar-refractivity contribution in [3.63, 3.8) is 0 Å². The fourth-order valence-electron chi connectivity index (χ4n) is 1.55. The van der Waals surface area contributed by atoms with Crippen LogP contribution in [0.1, 0.15) is 25.7 Å². The highest BCUT2D eigenvalue weighted by atomic mass is 19.3. The SMILES string of the molecule is FC1(F)CC(CNC2CC2)C1. The summed E-state index contributed by atoms with van der Waals surface area (Å²) in [4.78, 5) is 0. The minimum Gasteiger partial charge on any atom is -0.314 e. The van der Waals surface area contributed by atoms with Gasteiger partial charge in [-0.05, 0) is 25.3 Å². The highest BCUT2D eigenvalue weighted by Gasteiger charge is 2.45. The van der Waals surface area contributed by atoms with Gasteiger partial charge in [-0.25, -0.2) is 8.78 Å². The van der Waals surface area contributed by atoms with Crippen molar-refractivity contribution < 1.29 is 8.78 Å². The molecule has 2 aliphatic rings. The first-order valence-electron chi connectivity index (χ1n) is 4.27. The maximum Gasteiger partial charge on any atom is 0.248 e. The van der Waals surface area contributed by atoms with Crippen molar-refractivity contribution in [1.82, 2.24) is 5.32 Å². The van der Waals surface area contributed by atoms with Crippen molar-refractivity contribution in [3.8, 4) is 0 Å². The lowest BCUT2D eigenvalue weighted by Crippen LogP contribution is -2.41. The summed E-state index contributed by atoms with van der Waals surface area (Å²) in [7, 11) is 0. The lowest BCUT2D eigenvalue weighted by atomic mass is 9.81. The van der Waals surface area contributed by atoms with Crippen LogP contribution in [0.5, 0.6) is 0 Å². The standard InChI is InChI=1S/C8H13F2N/c9-8(10)3-6(4-8)5-11-7-1-2-7/h6-7,11H,1-5H2. The van der Waals surface area contributed by atoms with E-state index >= 15 is 0 Å². The molecule has 2 saturated carbocycles. The van der Waals surface area contributed by atoms with Gasteiger partial charge >= 0.3 is 0 Å². The van der Waals surface area contributed by atoms with E-state index in [4.69, 9.17) is 0 Å². The second-order valence-corrected chi connectivity index (χ2v) is 3.81. The molecule has 0 aromatic heterocycles. The van der Waals surface area contributed by atoms with Crippen LogP contribution in [-0.4, -0.2) is 18.5 Å². The smallest absolute Gasteiger partial charge is 0.248 e. The molecule has 2 fully saturated rings. The van der Waals surface area contributed by atoms with Gasteiger partial charge in [-0.2, -0.15) is 0 Å². The fourth-order valence-corrected chi connectivity index (χ4v) is 1.55. The van der Waals surface area contributed by atoms with Gasteiger partial charge in [0, 0.05) is 18.9 Å². The van der Waals surface area contributed by atoms with Crippen molar-refractivity contribution in [2.45, 2.75) is 37.6 Å². The zero-order chi connectivity index (χ0) is 7.90. The first-order valence-corrected chi connectivity index (χ1v) is 4.27. The fraction of sp³-hybridized carbons (Fsp3) is 1.00. The highest BCUT2D eigenvalue weighted by molar-refractivity contribution is 4.89. The van der Waals surface area contributed by atoms with Crippen LogP contribution >= 0.6 is 0 Å². The molecule has 3 heteroatoms. The number of nitrogens with one attached hydrogen (secondary N) is 1. The first kappa shape index (κ1) is 7.47. The Bertz CT molecular complexity index is 146. The van der Waals surface area contributed by atoms with Crippen molar-refractivity contribution in [2.24, 2.45) is 5.92 Å². The van der Waals surface area contributed by atoms with Crippen molar-refractivity contribution >= 4 is 0 Å². The molecule has 0 saturated heterocycles. The molecular formula is C8H13F2N. The Morgan fingerprint density at radius 1 is 1.27 bits per heavy atom. The van der Waals surface area contributed by atoms with Crippen LogP contribution in [-0.2, 0) is 0 Å². The normalized spacial score (nSPS) is 30.0. The minimum absolute atomic E-state index is 0.104. The number of hydrogen-bond acceptors (Lipinski definition) is 1. The highest BCUT2D eigenvalue weighted by Crippen LogP contribution is 2.42. The summed E-state index contributed by atoms with van der Waals surface area (Å²) in [5, 5.41) is 3.26. The Hall–Kier alpha value is -0.180. The van der Waals surface area contributed by atoms with Crippen LogP contribution < -0.4 is 5.32 Å². The molecule has 64 valence electrons. The summed E-state index contributed by atoms with van der Waals surface area (Å²) >= 11 is 0. The summed E-state index contributed by atoms with van der Waals surface area (Å²) < 4.78 is 24.6. The average Bonchev–Trinajstić information content (AvgIpc) is 2.60. The molecule has 11 heavy (non-hydrogen) atoms. The van der Waals surface area contributed by atoms with Crippen LogP contribution in [0.2, 0.25) is 0 Å². The van der Waals surface area contributed by atoms with Gasteiger partial charge in [-0.3, -0.25) is 0 Å². The van der Waals surface area contributed by atoms with Crippen LogP contribution in [0.4, 0.5) is 8.78 Å². The Morgan fingerprint density at radius 3 is 2.36 bits per heavy atom. The van der Waals surface area contributed by atoms with Gasteiger partial charge in [-0.1, -0.05) is 0 Å². The van der Waals surface area contributed by atoms with Crippen molar-refractivity contribution in [3.05, 3.63) is 0 Å². The molecule has 2 rings (SSSR count). The monoisotopic (exact) mass is 161 g/mol. The van der Waals surface area contributed by atoms with E-state index in [1.54, 1.807) is 0 Å². The van der Waals surface area contributed by atoms with Crippen LogP contribution in [0.25, 0.3) is 0 Å². The molecule has 0 aliphatic heterocycles.